The van der Waals surface area contributed by atoms with Crippen molar-refractivity contribution < 1.29 is 14.3 Å². The lowest BCUT2D eigenvalue weighted by Crippen LogP contribution is -2.44. The molecule has 0 saturated carbocycles. The van der Waals surface area contributed by atoms with Gasteiger partial charge in [0, 0.05) is 12.7 Å². The quantitative estimate of drug-likeness (QED) is 0.747. The standard InChI is InChI=1S/C18H30N2O3/c1-7-11-22-16-10-9-15(14(5)19-16)20-17(21)18(6,23-8-2)12-13(3)4/h9-10,13H,7-8,11-12H2,1-6H3,(H,20,21)/t18-/m0/s1. The van der Waals surface area contributed by atoms with Crippen LogP contribution in [-0.2, 0) is 9.53 Å². The average Bonchev–Trinajstić information content (AvgIpc) is 2.46. The minimum absolute atomic E-state index is 0.139. The van der Waals surface area contributed by atoms with Gasteiger partial charge >= 0.3 is 0 Å². The summed E-state index contributed by atoms with van der Waals surface area (Å²) >= 11 is 0. The minimum atomic E-state index is -0.841. The summed E-state index contributed by atoms with van der Waals surface area (Å²) in [6, 6.07) is 3.60. The Morgan fingerprint density at radius 2 is 2.04 bits per heavy atom. The van der Waals surface area contributed by atoms with Crippen LogP contribution in [-0.4, -0.2) is 29.7 Å². The highest BCUT2D eigenvalue weighted by Crippen LogP contribution is 2.25. The van der Waals surface area contributed by atoms with E-state index < -0.39 is 5.60 Å². The van der Waals surface area contributed by atoms with Crippen molar-refractivity contribution in [1.29, 1.82) is 0 Å². The molecule has 1 amide bonds. The van der Waals surface area contributed by atoms with Gasteiger partial charge in [-0.05, 0) is 45.6 Å². The fourth-order valence-electron chi connectivity index (χ4n) is 2.53. The lowest BCUT2D eigenvalue weighted by atomic mass is 9.93. The predicted molar refractivity (Wildman–Crippen MR) is 92.9 cm³/mol. The number of pyridine rings is 1. The molecule has 0 radical (unpaired) electrons. The van der Waals surface area contributed by atoms with Gasteiger partial charge in [-0.1, -0.05) is 20.8 Å². The number of rotatable bonds is 9. The molecule has 0 fully saturated rings. The SMILES string of the molecule is CCCOc1ccc(NC(=O)[C@](C)(CC(C)C)OCC)c(C)n1. The van der Waals surface area contributed by atoms with Gasteiger partial charge in [-0.3, -0.25) is 4.79 Å². The van der Waals surface area contributed by atoms with Crippen molar-refractivity contribution in [3.63, 3.8) is 0 Å². The van der Waals surface area contributed by atoms with Gasteiger partial charge in [-0.2, -0.15) is 0 Å². The number of carbonyl (C=O) groups is 1. The van der Waals surface area contributed by atoms with E-state index in [9.17, 15) is 4.79 Å². The highest BCUT2D eigenvalue weighted by atomic mass is 16.5. The van der Waals surface area contributed by atoms with Gasteiger partial charge in [0.25, 0.3) is 5.91 Å². The zero-order valence-corrected chi connectivity index (χ0v) is 15.2. The molecule has 1 rings (SSSR count). The number of hydrogen-bond donors (Lipinski definition) is 1. The van der Waals surface area contributed by atoms with Gasteiger partial charge in [-0.25, -0.2) is 4.98 Å². The summed E-state index contributed by atoms with van der Waals surface area (Å²) in [6.45, 7) is 12.9. The molecule has 1 heterocycles. The normalized spacial score (nSPS) is 13.7. The molecule has 0 aromatic carbocycles. The van der Waals surface area contributed by atoms with Crippen LogP contribution in [0.2, 0.25) is 0 Å². The monoisotopic (exact) mass is 322 g/mol. The van der Waals surface area contributed by atoms with E-state index in [1.165, 1.54) is 0 Å². The van der Waals surface area contributed by atoms with Crippen LogP contribution >= 0.6 is 0 Å². The molecule has 23 heavy (non-hydrogen) atoms. The summed E-state index contributed by atoms with van der Waals surface area (Å²) in [5.41, 5.74) is 0.580. The second-order valence-corrected chi connectivity index (χ2v) is 6.35. The largest absolute Gasteiger partial charge is 0.478 e. The van der Waals surface area contributed by atoms with E-state index >= 15 is 0 Å². The fourth-order valence-corrected chi connectivity index (χ4v) is 2.53. The Morgan fingerprint density at radius 3 is 2.57 bits per heavy atom. The number of aryl methyl sites for hydroxylation is 1. The van der Waals surface area contributed by atoms with Crippen LogP contribution < -0.4 is 10.1 Å². The van der Waals surface area contributed by atoms with Crippen LogP contribution in [0, 0.1) is 12.8 Å². The van der Waals surface area contributed by atoms with E-state index in [0.29, 0.717) is 37.1 Å². The second-order valence-electron chi connectivity index (χ2n) is 6.35. The number of hydrogen-bond acceptors (Lipinski definition) is 4. The summed E-state index contributed by atoms with van der Waals surface area (Å²) < 4.78 is 11.2. The van der Waals surface area contributed by atoms with Gasteiger partial charge in [0.1, 0.15) is 5.60 Å². The predicted octanol–water partition coefficient (Wildman–Crippen LogP) is 3.96. The Morgan fingerprint density at radius 1 is 1.35 bits per heavy atom. The maximum Gasteiger partial charge on any atom is 0.256 e. The first-order chi connectivity index (χ1) is 10.8. The third-order valence-electron chi connectivity index (χ3n) is 3.50. The number of aromatic nitrogens is 1. The lowest BCUT2D eigenvalue weighted by molar-refractivity contribution is -0.140. The molecule has 0 aliphatic heterocycles. The molecule has 1 aromatic heterocycles. The van der Waals surface area contributed by atoms with E-state index in [1.807, 2.05) is 33.8 Å². The molecule has 1 atom stereocenters. The summed E-state index contributed by atoms with van der Waals surface area (Å²) in [5, 5.41) is 2.94. The van der Waals surface area contributed by atoms with Gasteiger partial charge in [-0.15, -0.1) is 0 Å². The van der Waals surface area contributed by atoms with Crippen molar-refractivity contribution in [2.75, 3.05) is 18.5 Å². The fraction of sp³-hybridized carbons (Fsp3) is 0.667. The van der Waals surface area contributed by atoms with Gasteiger partial charge in [0.15, 0.2) is 0 Å². The molecule has 5 nitrogen and oxygen atoms in total. The molecule has 1 aromatic rings. The Balaban J connectivity index is 2.85. The molecule has 0 aliphatic rings. The summed E-state index contributed by atoms with van der Waals surface area (Å²) in [4.78, 5) is 17.0. The van der Waals surface area contributed by atoms with Gasteiger partial charge < -0.3 is 14.8 Å². The van der Waals surface area contributed by atoms with E-state index in [0.717, 1.165) is 12.1 Å². The highest BCUT2D eigenvalue weighted by molar-refractivity contribution is 5.97. The van der Waals surface area contributed by atoms with E-state index in [-0.39, 0.29) is 5.91 Å². The van der Waals surface area contributed by atoms with E-state index in [4.69, 9.17) is 9.47 Å². The summed E-state index contributed by atoms with van der Waals surface area (Å²) in [5.74, 6) is 0.804. The zero-order valence-electron chi connectivity index (χ0n) is 15.2. The zero-order chi connectivity index (χ0) is 17.5. The Hall–Kier alpha value is -1.62. The molecule has 0 aliphatic carbocycles. The minimum Gasteiger partial charge on any atom is -0.478 e. The van der Waals surface area contributed by atoms with Gasteiger partial charge in [0.2, 0.25) is 5.88 Å². The second kappa shape index (κ2) is 8.87. The average molecular weight is 322 g/mol. The van der Waals surface area contributed by atoms with E-state index in [2.05, 4.69) is 24.1 Å². The molecule has 0 spiro atoms. The number of nitrogens with zero attached hydrogens (tertiary/aromatic N) is 1. The van der Waals surface area contributed by atoms with Crippen LogP contribution in [0.3, 0.4) is 0 Å². The maximum absolute atomic E-state index is 12.7. The smallest absolute Gasteiger partial charge is 0.256 e. The Labute approximate surface area is 139 Å². The van der Waals surface area contributed by atoms with Crippen LogP contribution in [0.1, 0.15) is 53.2 Å². The molecule has 130 valence electrons. The third-order valence-corrected chi connectivity index (χ3v) is 3.50. The third kappa shape index (κ3) is 5.82. The number of nitrogens with one attached hydrogen (secondary N) is 1. The van der Waals surface area contributed by atoms with Crippen LogP contribution in [0.25, 0.3) is 0 Å². The first-order valence-corrected chi connectivity index (χ1v) is 8.38. The van der Waals surface area contributed by atoms with Crippen molar-refractivity contribution >= 4 is 11.6 Å². The highest BCUT2D eigenvalue weighted by Gasteiger charge is 2.35. The topological polar surface area (TPSA) is 60.5 Å². The summed E-state index contributed by atoms with van der Waals surface area (Å²) in [7, 11) is 0. The lowest BCUT2D eigenvalue weighted by Gasteiger charge is -2.30. The molecule has 0 unspecified atom stereocenters. The van der Waals surface area contributed by atoms with E-state index in [1.54, 1.807) is 6.07 Å². The number of ether oxygens (including phenoxy) is 2. The van der Waals surface area contributed by atoms with Crippen molar-refractivity contribution in [2.24, 2.45) is 5.92 Å². The molecule has 1 N–H and O–H groups in total. The summed E-state index contributed by atoms with van der Waals surface area (Å²) in [6.07, 6.45) is 1.60. The molecule has 5 heteroatoms. The molecular weight excluding hydrogens is 292 g/mol. The van der Waals surface area contributed by atoms with Crippen LogP contribution in [0.4, 0.5) is 5.69 Å². The van der Waals surface area contributed by atoms with Crippen molar-refractivity contribution in [2.45, 2.75) is 60.0 Å². The first kappa shape index (κ1) is 19.4. The van der Waals surface area contributed by atoms with Crippen molar-refractivity contribution in [1.82, 2.24) is 4.98 Å². The van der Waals surface area contributed by atoms with Crippen LogP contribution in [0.5, 0.6) is 5.88 Å². The molecule has 0 bridgehead atoms. The van der Waals surface area contributed by atoms with Crippen molar-refractivity contribution in [3.05, 3.63) is 17.8 Å². The molecule has 0 saturated heterocycles. The van der Waals surface area contributed by atoms with Crippen LogP contribution in [0.15, 0.2) is 12.1 Å². The first-order valence-electron chi connectivity index (χ1n) is 8.38. The van der Waals surface area contributed by atoms with Crippen molar-refractivity contribution in [3.8, 4) is 5.88 Å². The number of anilines is 1. The number of carbonyl (C=O) groups excluding carboxylic acids is 1. The molecular formula is C18H30N2O3. The van der Waals surface area contributed by atoms with Gasteiger partial charge in [0.05, 0.1) is 18.0 Å². The maximum atomic E-state index is 12.7. The Kier molecular flexibility index (Phi) is 7.49. The Bertz CT molecular complexity index is 517. The number of amides is 1.